The Morgan fingerprint density at radius 1 is 1.00 bits per heavy atom. The molecule has 1 saturated heterocycles. The lowest BCUT2D eigenvalue weighted by Gasteiger charge is -2.20. The quantitative estimate of drug-likeness (QED) is 0.720. The van der Waals surface area contributed by atoms with Gasteiger partial charge in [0.15, 0.2) is 0 Å². The second kappa shape index (κ2) is 5.59. The summed E-state index contributed by atoms with van der Waals surface area (Å²) < 4.78 is 0. The van der Waals surface area contributed by atoms with Gasteiger partial charge in [-0.15, -0.1) is 0 Å². The Balaban J connectivity index is 1.45. The van der Waals surface area contributed by atoms with Gasteiger partial charge in [0.25, 0.3) is 0 Å². The lowest BCUT2D eigenvalue weighted by atomic mass is 10.0. The summed E-state index contributed by atoms with van der Waals surface area (Å²) in [5.74, 6) is 0.675. The molecular formula is C21H20N4. The molecule has 1 atom stereocenters. The van der Waals surface area contributed by atoms with E-state index in [1.807, 2.05) is 30.6 Å². The summed E-state index contributed by atoms with van der Waals surface area (Å²) in [6.07, 6.45) is 6.14. The molecule has 5 rings (SSSR count). The molecule has 0 saturated carbocycles. The Morgan fingerprint density at radius 2 is 1.96 bits per heavy atom. The molecule has 2 aliphatic rings. The number of rotatable bonds is 2. The van der Waals surface area contributed by atoms with E-state index in [2.05, 4.69) is 52.3 Å². The van der Waals surface area contributed by atoms with Crippen LogP contribution in [0, 0.1) is 5.92 Å². The van der Waals surface area contributed by atoms with Crippen LogP contribution in [0.4, 0.5) is 5.69 Å². The maximum atomic E-state index is 4.75. The van der Waals surface area contributed by atoms with Gasteiger partial charge in [-0.05, 0) is 29.8 Å². The fourth-order valence-electron chi connectivity index (χ4n) is 4.06. The highest BCUT2D eigenvalue weighted by atomic mass is 15.2. The fraction of sp³-hybridized carbons (Fsp3) is 0.238. The van der Waals surface area contributed by atoms with E-state index in [0.29, 0.717) is 5.92 Å². The van der Waals surface area contributed by atoms with Gasteiger partial charge in [0.05, 0.1) is 23.1 Å². The smallest absolute Gasteiger partial charge is 0.0710 e. The largest absolute Gasteiger partial charge is 0.380 e. The normalized spacial score (nSPS) is 19.4. The van der Waals surface area contributed by atoms with Crippen molar-refractivity contribution in [2.75, 3.05) is 31.6 Å². The highest BCUT2D eigenvalue weighted by molar-refractivity contribution is 5.93. The van der Waals surface area contributed by atoms with Crippen LogP contribution in [-0.4, -0.2) is 41.5 Å². The predicted molar refractivity (Wildman–Crippen MR) is 101 cm³/mol. The number of anilines is 1. The average Bonchev–Trinajstić information content (AvgIpc) is 3.19. The maximum Gasteiger partial charge on any atom is 0.0710 e. The van der Waals surface area contributed by atoms with Crippen LogP contribution in [0.3, 0.4) is 0 Å². The van der Waals surface area contributed by atoms with Gasteiger partial charge in [0.1, 0.15) is 0 Å². The van der Waals surface area contributed by atoms with Gasteiger partial charge in [-0.3, -0.25) is 9.97 Å². The number of nitrogens with zero attached hydrogens (tertiary/aromatic N) is 4. The zero-order chi connectivity index (χ0) is 16.8. The van der Waals surface area contributed by atoms with E-state index in [4.69, 9.17) is 4.98 Å². The highest BCUT2D eigenvalue weighted by Crippen LogP contribution is 2.33. The van der Waals surface area contributed by atoms with Crippen molar-refractivity contribution in [2.45, 2.75) is 0 Å². The zero-order valence-electron chi connectivity index (χ0n) is 14.3. The van der Waals surface area contributed by atoms with Crippen molar-refractivity contribution in [3.8, 4) is 11.3 Å². The summed E-state index contributed by atoms with van der Waals surface area (Å²) in [4.78, 5) is 13.9. The first-order valence-corrected chi connectivity index (χ1v) is 8.74. The van der Waals surface area contributed by atoms with Gasteiger partial charge in [-0.1, -0.05) is 18.2 Å². The molecule has 0 bridgehead atoms. The van der Waals surface area contributed by atoms with Crippen LogP contribution < -0.4 is 4.90 Å². The van der Waals surface area contributed by atoms with Crippen molar-refractivity contribution in [1.82, 2.24) is 14.9 Å². The SMILES string of the molecule is CN1C=C2CN(c3ccc(-c4cccc5ncccc45)nc3)CC2C1. The number of fused-ring (bicyclic) bond motifs is 2. The Kier molecular flexibility index (Phi) is 3.23. The summed E-state index contributed by atoms with van der Waals surface area (Å²) in [7, 11) is 2.16. The van der Waals surface area contributed by atoms with Gasteiger partial charge in [-0.25, -0.2) is 0 Å². The standard InChI is InChI=1S/C21H20N4/c1-24-11-15-13-25(14-16(15)12-24)17-7-8-21(23-10-17)18-4-2-6-20-19(18)5-3-9-22-20/h2-11,16H,12-14H2,1H3. The van der Waals surface area contributed by atoms with E-state index in [0.717, 1.165) is 41.8 Å². The first kappa shape index (κ1) is 14.5. The van der Waals surface area contributed by atoms with E-state index in [-0.39, 0.29) is 0 Å². The van der Waals surface area contributed by atoms with Crippen LogP contribution in [-0.2, 0) is 0 Å². The van der Waals surface area contributed by atoms with Crippen LogP contribution in [0.5, 0.6) is 0 Å². The number of aromatic nitrogens is 2. The molecule has 0 radical (unpaired) electrons. The summed E-state index contributed by atoms with van der Waals surface area (Å²) >= 11 is 0. The summed E-state index contributed by atoms with van der Waals surface area (Å²) in [5.41, 5.74) is 5.90. The third kappa shape index (κ3) is 2.45. The molecular weight excluding hydrogens is 308 g/mol. The summed E-state index contributed by atoms with van der Waals surface area (Å²) in [5, 5.41) is 1.15. The van der Waals surface area contributed by atoms with Gasteiger partial charge in [0, 0.05) is 55.9 Å². The van der Waals surface area contributed by atoms with Crippen LogP contribution >= 0.6 is 0 Å². The minimum atomic E-state index is 0.675. The van der Waals surface area contributed by atoms with Crippen molar-refractivity contribution in [1.29, 1.82) is 0 Å². The minimum absolute atomic E-state index is 0.675. The Bertz CT molecular complexity index is 956. The molecule has 3 aromatic rings. The molecule has 4 heteroatoms. The third-order valence-corrected chi connectivity index (χ3v) is 5.27. The number of pyridine rings is 2. The number of hydrogen-bond acceptors (Lipinski definition) is 4. The molecule has 0 spiro atoms. The van der Waals surface area contributed by atoms with Gasteiger partial charge < -0.3 is 9.80 Å². The van der Waals surface area contributed by atoms with Crippen molar-refractivity contribution in [2.24, 2.45) is 5.92 Å². The van der Waals surface area contributed by atoms with Crippen LogP contribution in [0.2, 0.25) is 0 Å². The molecule has 25 heavy (non-hydrogen) atoms. The first-order valence-electron chi connectivity index (χ1n) is 8.74. The van der Waals surface area contributed by atoms with Crippen molar-refractivity contribution >= 4 is 16.6 Å². The monoisotopic (exact) mass is 328 g/mol. The molecule has 0 amide bonds. The molecule has 0 N–H and O–H groups in total. The third-order valence-electron chi connectivity index (χ3n) is 5.27. The Labute approximate surface area is 147 Å². The molecule has 2 aromatic heterocycles. The van der Waals surface area contributed by atoms with Crippen molar-refractivity contribution < 1.29 is 0 Å². The van der Waals surface area contributed by atoms with Gasteiger partial charge >= 0.3 is 0 Å². The second-order valence-electron chi connectivity index (χ2n) is 7.00. The lowest BCUT2D eigenvalue weighted by Crippen LogP contribution is -2.24. The van der Waals surface area contributed by atoms with Crippen LogP contribution in [0.25, 0.3) is 22.2 Å². The molecule has 4 nitrogen and oxygen atoms in total. The molecule has 0 aliphatic carbocycles. The molecule has 124 valence electrons. The van der Waals surface area contributed by atoms with E-state index in [9.17, 15) is 0 Å². The molecule has 4 heterocycles. The van der Waals surface area contributed by atoms with E-state index in [1.54, 1.807) is 5.57 Å². The summed E-state index contributed by atoms with van der Waals surface area (Å²) in [6.45, 7) is 3.25. The fourth-order valence-corrected chi connectivity index (χ4v) is 4.06. The van der Waals surface area contributed by atoms with E-state index < -0.39 is 0 Å². The molecule has 1 fully saturated rings. The van der Waals surface area contributed by atoms with Crippen LogP contribution in [0.15, 0.2) is 66.6 Å². The van der Waals surface area contributed by atoms with E-state index >= 15 is 0 Å². The second-order valence-corrected chi connectivity index (χ2v) is 7.00. The Morgan fingerprint density at radius 3 is 2.80 bits per heavy atom. The molecule has 1 unspecified atom stereocenters. The average molecular weight is 328 g/mol. The van der Waals surface area contributed by atoms with Gasteiger partial charge in [0.2, 0.25) is 0 Å². The van der Waals surface area contributed by atoms with E-state index in [1.165, 1.54) is 5.69 Å². The Hall–Kier alpha value is -2.88. The molecule has 2 aliphatic heterocycles. The number of hydrogen-bond donors (Lipinski definition) is 0. The molecule has 1 aromatic carbocycles. The number of benzene rings is 1. The van der Waals surface area contributed by atoms with Crippen molar-refractivity contribution in [3.05, 3.63) is 66.6 Å². The summed E-state index contributed by atoms with van der Waals surface area (Å²) in [6, 6.07) is 14.6. The van der Waals surface area contributed by atoms with Crippen molar-refractivity contribution in [3.63, 3.8) is 0 Å². The van der Waals surface area contributed by atoms with Gasteiger partial charge in [-0.2, -0.15) is 0 Å². The zero-order valence-corrected chi connectivity index (χ0v) is 14.3. The predicted octanol–water partition coefficient (Wildman–Crippen LogP) is 3.56. The van der Waals surface area contributed by atoms with Crippen LogP contribution in [0.1, 0.15) is 0 Å². The first-order chi connectivity index (χ1) is 12.3. The maximum absolute atomic E-state index is 4.75. The lowest BCUT2D eigenvalue weighted by molar-refractivity contribution is 0.442. The minimum Gasteiger partial charge on any atom is -0.380 e. The topological polar surface area (TPSA) is 32.3 Å². The highest BCUT2D eigenvalue weighted by Gasteiger charge is 2.32.